The molecule has 3 aromatic carbocycles. The van der Waals surface area contributed by atoms with Gasteiger partial charge in [0.05, 0.1) is 5.25 Å². The average Bonchev–Trinajstić information content (AvgIpc) is 2.61. The molecule has 3 aromatic rings. The third-order valence-electron chi connectivity index (χ3n) is 4.04. The predicted molar refractivity (Wildman–Crippen MR) is 102 cm³/mol. The average molecular weight is 335 g/mol. The second kappa shape index (κ2) is 7.54. The number of hydrogen-bond donors (Lipinski definition) is 1. The summed E-state index contributed by atoms with van der Waals surface area (Å²) in [5, 5.41) is 5.33. The van der Waals surface area contributed by atoms with E-state index < -0.39 is 0 Å². The van der Waals surface area contributed by atoms with Crippen molar-refractivity contribution >= 4 is 28.4 Å². The van der Waals surface area contributed by atoms with Crippen molar-refractivity contribution in [2.75, 3.05) is 0 Å². The van der Waals surface area contributed by atoms with Gasteiger partial charge in [-0.2, -0.15) is 0 Å². The number of thioether (sulfide) groups is 1. The van der Waals surface area contributed by atoms with E-state index in [-0.39, 0.29) is 11.2 Å². The van der Waals surface area contributed by atoms with E-state index in [9.17, 15) is 4.79 Å². The van der Waals surface area contributed by atoms with Gasteiger partial charge in [0.25, 0.3) is 0 Å². The van der Waals surface area contributed by atoms with E-state index in [4.69, 9.17) is 0 Å². The molecule has 0 saturated carbocycles. The highest BCUT2D eigenvalue weighted by atomic mass is 32.2. The molecule has 1 atom stereocenters. The molecule has 1 N–H and O–H groups in total. The van der Waals surface area contributed by atoms with E-state index in [2.05, 4.69) is 60.8 Å². The molecular weight excluding hydrogens is 314 g/mol. The van der Waals surface area contributed by atoms with Crippen LogP contribution in [0, 0.1) is 6.92 Å². The molecular formula is C21H21NOS. The number of hydrogen-bond acceptors (Lipinski definition) is 2. The minimum absolute atomic E-state index is 0.0634. The molecule has 0 aliphatic rings. The first-order valence-electron chi connectivity index (χ1n) is 8.11. The Kier molecular flexibility index (Phi) is 5.21. The van der Waals surface area contributed by atoms with Crippen LogP contribution in [0.25, 0.3) is 10.8 Å². The van der Waals surface area contributed by atoms with Crippen molar-refractivity contribution in [2.24, 2.45) is 0 Å². The van der Waals surface area contributed by atoms with Gasteiger partial charge in [-0.1, -0.05) is 60.2 Å². The molecule has 0 aliphatic carbocycles. The van der Waals surface area contributed by atoms with Gasteiger partial charge in [0.1, 0.15) is 0 Å². The Balaban J connectivity index is 1.63. The first-order chi connectivity index (χ1) is 11.6. The highest BCUT2D eigenvalue weighted by Crippen LogP contribution is 2.24. The van der Waals surface area contributed by atoms with Crippen molar-refractivity contribution in [1.82, 2.24) is 5.32 Å². The van der Waals surface area contributed by atoms with Crippen LogP contribution >= 0.6 is 11.8 Å². The molecule has 0 unspecified atom stereocenters. The Labute approximate surface area is 147 Å². The molecule has 0 saturated heterocycles. The minimum Gasteiger partial charge on any atom is -0.351 e. The van der Waals surface area contributed by atoms with Gasteiger partial charge in [-0.3, -0.25) is 4.79 Å². The number of aryl methyl sites for hydroxylation is 1. The van der Waals surface area contributed by atoms with E-state index in [1.165, 1.54) is 16.3 Å². The van der Waals surface area contributed by atoms with Gasteiger partial charge in [-0.15, -0.1) is 11.8 Å². The molecule has 3 rings (SSSR count). The largest absolute Gasteiger partial charge is 0.351 e. The summed E-state index contributed by atoms with van der Waals surface area (Å²) in [7, 11) is 0. The van der Waals surface area contributed by atoms with Crippen LogP contribution in [-0.4, -0.2) is 11.2 Å². The van der Waals surface area contributed by atoms with Crippen LogP contribution < -0.4 is 5.32 Å². The molecule has 0 fully saturated rings. The van der Waals surface area contributed by atoms with Crippen LogP contribution in [0.15, 0.2) is 71.6 Å². The Morgan fingerprint density at radius 1 is 1.00 bits per heavy atom. The quantitative estimate of drug-likeness (QED) is 0.669. The Morgan fingerprint density at radius 2 is 1.71 bits per heavy atom. The topological polar surface area (TPSA) is 29.1 Å². The molecule has 2 nitrogen and oxygen atoms in total. The van der Waals surface area contributed by atoms with Gasteiger partial charge in [0.15, 0.2) is 0 Å². The molecule has 3 heteroatoms. The lowest BCUT2D eigenvalue weighted by Gasteiger charge is -2.13. The Morgan fingerprint density at radius 3 is 2.50 bits per heavy atom. The zero-order valence-electron chi connectivity index (χ0n) is 14.0. The van der Waals surface area contributed by atoms with E-state index in [0.29, 0.717) is 6.54 Å². The normalized spacial score (nSPS) is 12.1. The number of nitrogens with one attached hydrogen (secondary N) is 1. The first kappa shape index (κ1) is 16.6. The summed E-state index contributed by atoms with van der Waals surface area (Å²) < 4.78 is 0. The van der Waals surface area contributed by atoms with Gasteiger partial charge in [-0.05, 0) is 42.3 Å². The predicted octanol–water partition coefficient (Wildman–Crippen LogP) is 4.95. The third kappa shape index (κ3) is 3.98. The van der Waals surface area contributed by atoms with Gasteiger partial charge in [-0.25, -0.2) is 0 Å². The maximum atomic E-state index is 12.4. The molecule has 0 heterocycles. The van der Waals surface area contributed by atoms with Gasteiger partial charge in [0.2, 0.25) is 5.91 Å². The summed E-state index contributed by atoms with van der Waals surface area (Å²) >= 11 is 1.59. The van der Waals surface area contributed by atoms with Gasteiger partial charge < -0.3 is 5.32 Å². The van der Waals surface area contributed by atoms with Crippen LogP contribution in [0.3, 0.4) is 0 Å². The maximum Gasteiger partial charge on any atom is 0.233 e. The second-order valence-electron chi connectivity index (χ2n) is 5.93. The van der Waals surface area contributed by atoms with Crippen LogP contribution in [0.1, 0.15) is 18.1 Å². The van der Waals surface area contributed by atoms with Crippen LogP contribution in [0.2, 0.25) is 0 Å². The SMILES string of the molecule is Cc1ccc(S[C@@H](C)C(=O)NCc2cccc3ccccc23)cc1. The number of amides is 1. The van der Waals surface area contributed by atoms with Gasteiger partial charge in [0, 0.05) is 11.4 Å². The lowest BCUT2D eigenvalue weighted by Crippen LogP contribution is -2.30. The van der Waals surface area contributed by atoms with Crippen molar-refractivity contribution in [2.45, 2.75) is 30.5 Å². The summed E-state index contributed by atoms with van der Waals surface area (Å²) in [5.41, 5.74) is 2.38. The zero-order chi connectivity index (χ0) is 16.9. The second-order valence-corrected chi connectivity index (χ2v) is 7.34. The van der Waals surface area contributed by atoms with E-state index in [1.54, 1.807) is 11.8 Å². The number of benzene rings is 3. The lowest BCUT2D eigenvalue weighted by atomic mass is 10.0. The molecule has 1 amide bonds. The lowest BCUT2D eigenvalue weighted by molar-refractivity contribution is -0.120. The number of rotatable bonds is 5. The minimum atomic E-state index is -0.123. The van der Waals surface area contributed by atoms with Crippen LogP contribution in [-0.2, 0) is 11.3 Å². The Bertz CT molecular complexity index is 837. The zero-order valence-corrected chi connectivity index (χ0v) is 14.8. The molecule has 0 aromatic heterocycles. The fourth-order valence-electron chi connectivity index (χ4n) is 2.65. The summed E-state index contributed by atoms with van der Waals surface area (Å²) in [6, 6.07) is 22.7. The third-order valence-corrected chi connectivity index (χ3v) is 5.15. The molecule has 122 valence electrons. The number of fused-ring (bicyclic) bond motifs is 1. The number of carbonyl (C=O) groups excluding carboxylic acids is 1. The van der Waals surface area contributed by atoms with Crippen molar-refractivity contribution in [3.63, 3.8) is 0 Å². The summed E-state index contributed by atoms with van der Waals surface area (Å²) in [6.07, 6.45) is 0. The molecule has 0 bridgehead atoms. The summed E-state index contributed by atoms with van der Waals surface area (Å²) in [4.78, 5) is 13.5. The van der Waals surface area contributed by atoms with E-state index in [1.807, 2.05) is 25.1 Å². The maximum absolute atomic E-state index is 12.4. The fourth-order valence-corrected chi connectivity index (χ4v) is 3.54. The fraction of sp³-hybridized carbons (Fsp3) is 0.190. The van der Waals surface area contributed by atoms with E-state index >= 15 is 0 Å². The highest BCUT2D eigenvalue weighted by Gasteiger charge is 2.14. The standard InChI is InChI=1S/C21H21NOS/c1-15-10-12-19(13-11-15)24-16(2)21(23)22-14-18-8-5-7-17-6-3-4-9-20(17)18/h3-13,16H,14H2,1-2H3,(H,22,23)/t16-/m0/s1. The van der Waals surface area contributed by atoms with Gasteiger partial charge >= 0.3 is 0 Å². The summed E-state index contributed by atoms with van der Waals surface area (Å²) in [6.45, 7) is 4.57. The first-order valence-corrected chi connectivity index (χ1v) is 8.99. The van der Waals surface area contributed by atoms with E-state index in [0.717, 1.165) is 10.5 Å². The molecule has 24 heavy (non-hydrogen) atoms. The van der Waals surface area contributed by atoms with Crippen molar-refractivity contribution in [3.8, 4) is 0 Å². The molecule has 0 spiro atoms. The summed E-state index contributed by atoms with van der Waals surface area (Å²) in [5.74, 6) is 0.0634. The van der Waals surface area contributed by atoms with Crippen LogP contribution in [0.4, 0.5) is 0 Å². The van der Waals surface area contributed by atoms with Crippen molar-refractivity contribution in [3.05, 3.63) is 77.9 Å². The highest BCUT2D eigenvalue weighted by molar-refractivity contribution is 8.00. The molecule has 0 aliphatic heterocycles. The smallest absolute Gasteiger partial charge is 0.233 e. The van der Waals surface area contributed by atoms with Crippen molar-refractivity contribution in [1.29, 1.82) is 0 Å². The Hall–Kier alpha value is -2.26. The number of carbonyl (C=O) groups is 1. The van der Waals surface area contributed by atoms with Crippen molar-refractivity contribution < 1.29 is 4.79 Å². The molecule has 0 radical (unpaired) electrons. The van der Waals surface area contributed by atoms with Crippen LogP contribution in [0.5, 0.6) is 0 Å². The monoisotopic (exact) mass is 335 g/mol.